The van der Waals surface area contributed by atoms with Crippen molar-refractivity contribution >= 4 is 5.97 Å². The molecule has 17 heavy (non-hydrogen) atoms. The third-order valence-electron chi connectivity index (χ3n) is 2.57. The molecule has 0 amide bonds. The lowest BCUT2D eigenvalue weighted by Crippen LogP contribution is -2.32. The Kier molecular flexibility index (Phi) is 5.12. The molecule has 0 radical (unpaired) electrons. The minimum Gasteiger partial charge on any atom is -0.467 e. The molecule has 4 nitrogen and oxygen atoms in total. The number of aryl methyl sites for hydroxylation is 1. The molecule has 0 unspecified atom stereocenters. The SMILES string of the molecule is CCO[C@@H](C(=O)OC)[C@@H](O)c1ccccc1C. The van der Waals surface area contributed by atoms with Crippen LogP contribution < -0.4 is 0 Å². The van der Waals surface area contributed by atoms with Gasteiger partial charge in [-0.05, 0) is 25.0 Å². The summed E-state index contributed by atoms with van der Waals surface area (Å²) >= 11 is 0. The first-order valence-corrected chi connectivity index (χ1v) is 5.54. The van der Waals surface area contributed by atoms with Crippen molar-refractivity contribution < 1.29 is 19.4 Å². The molecular weight excluding hydrogens is 220 g/mol. The minimum absolute atomic E-state index is 0.336. The molecule has 0 fully saturated rings. The maximum atomic E-state index is 11.5. The van der Waals surface area contributed by atoms with Crippen molar-refractivity contribution in [1.29, 1.82) is 0 Å². The van der Waals surface area contributed by atoms with Crippen molar-refractivity contribution in [3.05, 3.63) is 35.4 Å². The average Bonchev–Trinajstić information content (AvgIpc) is 2.35. The maximum Gasteiger partial charge on any atom is 0.338 e. The number of carbonyl (C=O) groups excluding carboxylic acids is 1. The fourth-order valence-corrected chi connectivity index (χ4v) is 1.67. The van der Waals surface area contributed by atoms with E-state index in [1.54, 1.807) is 13.0 Å². The summed E-state index contributed by atoms with van der Waals surface area (Å²) < 4.78 is 9.86. The standard InChI is InChI=1S/C13H18O4/c1-4-17-12(13(15)16-3)11(14)10-8-6-5-7-9(10)2/h5-8,11-12,14H,4H2,1-3H3/t11-,12+/m0/s1. The Morgan fingerprint density at radius 1 is 1.41 bits per heavy atom. The molecule has 1 N–H and O–H groups in total. The summed E-state index contributed by atoms with van der Waals surface area (Å²) in [5, 5.41) is 10.2. The topological polar surface area (TPSA) is 55.8 Å². The number of ether oxygens (including phenoxy) is 2. The van der Waals surface area contributed by atoms with Crippen LogP contribution in [0.4, 0.5) is 0 Å². The first-order chi connectivity index (χ1) is 8.11. The summed E-state index contributed by atoms with van der Waals surface area (Å²) in [4.78, 5) is 11.5. The van der Waals surface area contributed by atoms with Gasteiger partial charge in [-0.2, -0.15) is 0 Å². The van der Waals surface area contributed by atoms with Crippen molar-refractivity contribution in [2.75, 3.05) is 13.7 Å². The van der Waals surface area contributed by atoms with Gasteiger partial charge in [-0.1, -0.05) is 24.3 Å². The number of benzene rings is 1. The average molecular weight is 238 g/mol. The van der Waals surface area contributed by atoms with E-state index in [9.17, 15) is 9.90 Å². The zero-order valence-electron chi connectivity index (χ0n) is 10.3. The summed E-state index contributed by atoms with van der Waals surface area (Å²) in [7, 11) is 1.28. The van der Waals surface area contributed by atoms with Crippen molar-refractivity contribution in [3.63, 3.8) is 0 Å². The number of hydrogen-bond donors (Lipinski definition) is 1. The molecule has 1 aromatic carbocycles. The van der Waals surface area contributed by atoms with E-state index >= 15 is 0 Å². The van der Waals surface area contributed by atoms with Crippen LogP contribution in [0.1, 0.15) is 24.2 Å². The second kappa shape index (κ2) is 6.37. The highest BCUT2D eigenvalue weighted by Crippen LogP contribution is 2.23. The van der Waals surface area contributed by atoms with Crippen LogP contribution in [0.15, 0.2) is 24.3 Å². The maximum absolute atomic E-state index is 11.5. The number of carbonyl (C=O) groups is 1. The van der Waals surface area contributed by atoms with E-state index < -0.39 is 18.2 Å². The summed E-state index contributed by atoms with van der Waals surface area (Å²) in [6, 6.07) is 7.33. The van der Waals surface area contributed by atoms with Crippen LogP contribution in [0.2, 0.25) is 0 Å². The molecule has 1 rings (SSSR count). The molecule has 2 atom stereocenters. The van der Waals surface area contributed by atoms with Gasteiger partial charge >= 0.3 is 5.97 Å². The lowest BCUT2D eigenvalue weighted by molar-refractivity contribution is -0.162. The zero-order chi connectivity index (χ0) is 12.8. The molecule has 0 aromatic heterocycles. The quantitative estimate of drug-likeness (QED) is 0.792. The van der Waals surface area contributed by atoms with Crippen LogP contribution in [0.3, 0.4) is 0 Å². The molecule has 0 heterocycles. The number of aliphatic hydroxyl groups is 1. The largest absolute Gasteiger partial charge is 0.467 e. The molecule has 0 saturated carbocycles. The number of esters is 1. The number of rotatable bonds is 5. The van der Waals surface area contributed by atoms with Crippen LogP contribution in [0, 0.1) is 6.92 Å². The van der Waals surface area contributed by atoms with E-state index in [4.69, 9.17) is 4.74 Å². The second-order valence-electron chi connectivity index (χ2n) is 3.70. The van der Waals surface area contributed by atoms with Gasteiger partial charge in [0, 0.05) is 6.61 Å². The molecule has 0 bridgehead atoms. The Labute approximate surface area is 101 Å². The molecule has 0 saturated heterocycles. The van der Waals surface area contributed by atoms with E-state index in [1.165, 1.54) is 7.11 Å². The van der Waals surface area contributed by atoms with E-state index in [0.29, 0.717) is 12.2 Å². The molecule has 0 aliphatic carbocycles. The summed E-state index contributed by atoms with van der Waals surface area (Å²) in [5.74, 6) is -0.567. The lowest BCUT2D eigenvalue weighted by atomic mass is 9.99. The third kappa shape index (κ3) is 3.28. The van der Waals surface area contributed by atoms with Crippen molar-refractivity contribution in [2.45, 2.75) is 26.1 Å². The van der Waals surface area contributed by atoms with Gasteiger partial charge < -0.3 is 14.6 Å². The fraction of sp³-hybridized carbons (Fsp3) is 0.462. The summed E-state index contributed by atoms with van der Waals surface area (Å²) in [6.45, 7) is 3.97. The molecule has 4 heteroatoms. The van der Waals surface area contributed by atoms with Gasteiger partial charge in [0.15, 0.2) is 6.10 Å². The van der Waals surface area contributed by atoms with Gasteiger partial charge in [0.2, 0.25) is 0 Å². The molecule has 0 aliphatic heterocycles. The van der Waals surface area contributed by atoms with Crippen LogP contribution >= 0.6 is 0 Å². The Hall–Kier alpha value is -1.39. The van der Waals surface area contributed by atoms with Gasteiger partial charge in [-0.25, -0.2) is 4.79 Å². The molecule has 0 spiro atoms. The Bertz CT molecular complexity index is 375. The van der Waals surface area contributed by atoms with Crippen molar-refractivity contribution in [3.8, 4) is 0 Å². The number of hydrogen-bond acceptors (Lipinski definition) is 4. The van der Waals surface area contributed by atoms with E-state index in [0.717, 1.165) is 5.56 Å². The third-order valence-corrected chi connectivity index (χ3v) is 2.57. The summed E-state index contributed by atoms with van der Waals surface area (Å²) in [5.41, 5.74) is 1.59. The first-order valence-electron chi connectivity index (χ1n) is 5.54. The number of methoxy groups -OCH3 is 1. The highest BCUT2D eigenvalue weighted by molar-refractivity contribution is 5.75. The number of aliphatic hydroxyl groups excluding tert-OH is 1. The normalized spacial score (nSPS) is 14.1. The summed E-state index contributed by atoms with van der Waals surface area (Å²) in [6.07, 6.45) is -1.99. The molecule has 0 aliphatic rings. The zero-order valence-corrected chi connectivity index (χ0v) is 10.3. The highest BCUT2D eigenvalue weighted by Gasteiger charge is 2.30. The van der Waals surface area contributed by atoms with E-state index in [1.807, 2.05) is 25.1 Å². The van der Waals surface area contributed by atoms with Gasteiger partial charge in [-0.3, -0.25) is 0 Å². The first kappa shape index (κ1) is 13.7. The Morgan fingerprint density at radius 3 is 2.59 bits per heavy atom. The van der Waals surface area contributed by atoms with Gasteiger partial charge in [0.05, 0.1) is 7.11 Å². The smallest absolute Gasteiger partial charge is 0.338 e. The fourth-order valence-electron chi connectivity index (χ4n) is 1.67. The molecule has 1 aromatic rings. The van der Waals surface area contributed by atoms with Gasteiger partial charge in [-0.15, -0.1) is 0 Å². The minimum atomic E-state index is -1.01. The van der Waals surface area contributed by atoms with Crippen molar-refractivity contribution in [2.24, 2.45) is 0 Å². The van der Waals surface area contributed by atoms with Gasteiger partial charge in [0.1, 0.15) is 6.10 Å². The Balaban J connectivity index is 2.95. The molecule has 94 valence electrons. The van der Waals surface area contributed by atoms with Crippen LogP contribution in [-0.2, 0) is 14.3 Å². The predicted octanol–water partition coefficient (Wildman–Crippen LogP) is 1.61. The van der Waals surface area contributed by atoms with E-state index in [-0.39, 0.29) is 0 Å². The van der Waals surface area contributed by atoms with E-state index in [2.05, 4.69) is 4.74 Å². The van der Waals surface area contributed by atoms with Crippen molar-refractivity contribution in [1.82, 2.24) is 0 Å². The lowest BCUT2D eigenvalue weighted by Gasteiger charge is -2.22. The monoisotopic (exact) mass is 238 g/mol. The predicted molar refractivity (Wildman–Crippen MR) is 63.6 cm³/mol. The molecular formula is C13H18O4. The van der Waals surface area contributed by atoms with Crippen LogP contribution in [0.25, 0.3) is 0 Å². The van der Waals surface area contributed by atoms with Crippen LogP contribution in [0.5, 0.6) is 0 Å². The Morgan fingerprint density at radius 2 is 2.06 bits per heavy atom. The van der Waals surface area contributed by atoms with Crippen LogP contribution in [-0.4, -0.2) is 30.9 Å². The van der Waals surface area contributed by atoms with Gasteiger partial charge in [0.25, 0.3) is 0 Å². The highest BCUT2D eigenvalue weighted by atomic mass is 16.6. The second-order valence-corrected chi connectivity index (χ2v) is 3.70.